The monoisotopic (exact) mass is 274 g/mol. The summed E-state index contributed by atoms with van der Waals surface area (Å²) >= 11 is 0. The lowest BCUT2D eigenvalue weighted by Crippen LogP contribution is -2.33. The van der Waals surface area contributed by atoms with Crippen LogP contribution in [0.4, 0.5) is 0 Å². The molecule has 0 aromatic carbocycles. The second-order valence-electron chi connectivity index (χ2n) is 5.73. The van der Waals surface area contributed by atoms with E-state index in [1.54, 1.807) is 0 Å². The molecule has 0 aromatic heterocycles. The molecule has 18 heavy (non-hydrogen) atoms. The van der Waals surface area contributed by atoms with Gasteiger partial charge in [0, 0.05) is 6.54 Å². The maximum absolute atomic E-state index is 11.9. The summed E-state index contributed by atoms with van der Waals surface area (Å²) in [5.41, 5.74) is 1.14. The predicted molar refractivity (Wildman–Crippen MR) is 71.2 cm³/mol. The summed E-state index contributed by atoms with van der Waals surface area (Å²) in [5.74, 6) is -0.157. The SMILES string of the molecule is CC(C)=C[C@@H]1[C@@H](C(=O)NCCS(N)(=O)=O)C1(C)C. The highest BCUT2D eigenvalue weighted by atomic mass is 32.2. The molecule has 5 nitrogen and oxygen atoms in total. The Balaban J connectivity index is 2.52. The number of hydrogen-bond acceptors (Lipinski definition) is 3. The number of carbonyl (C=O) groups excluding carboxylic acids is 1. The van der Waals surface area contributed by atoms with Crippen LogP contribution in [-0.2, 0) is 14.8 Å². The molecule has 1 fully saturated rings. The number of sulfonamides is 1. The maximum Gasteiger partial charge on any atom is 0.224 e. The van der Waals surface area contributed by atoms with Gasteiger partial charge in [0.1, 0.15) is 0 Å². The third-order valence-corrected chi connectivity index (χ3v) is 4.17. The average Bonchev–Trinajstić information content (AvgIpc) is 2.64. The van der Waals surface area contributed by atoms with Gasteiger partial charge in [-0.25, -0.2) is 13.6 Å². The summed E-state index contributed by atoms with van der Waals surface area (Å²) in [7, 11) is -3.51. The number of hydrogen-bond donors (Lipinski definition) is 2. The lowest BCUT2D eigenvalue weighted by atomic mass is 10.1. The lowest BCUT2D eigenvalue weighted by Gasteiger charge is -2.04. The van der Waals surface area contributed by atoms with Gasteiger partial charge in [0.15, 0.2) is 0 Å². The summed E-state index contributed by atoms with van der Waals surface area (Å²) in [6.45, 7) is 8.17. The van der Waals surface area contributed by atoms with E-state index in [0.717, 1.165) is 0 Å². The number of nitrogens with two attached hydrogens (primary N) is 1. The van der Waals surface area contributed by atoms with E-state index in [9.17, 15) is 13.2 Å². The van der Waals surface area contributed by atoms with E-state index in [0.29, 0.717) is 0 Å². The van der Waals surface area contributed by atoms with Gasteiger partial charge in [-0.15, -0.1) is 0 Å². The Bertz CT molecular complexity index is 462. The van der Waals surface area contributed by atoms with Gasteiger partial charge < -0.3 is 5.32 Å². The Morgan fingerprint density at radius 2 is 1.94 bits per heavy atom. The summed E-state index contributed by atoms with van der Waals surface area (Å²) in [6.07, 6.45) is 2.10. The average molecular weight is 274 g/mol. The molecule has 1 saturated carbocycles. The molecule has 0 aliphatic heterocycles. The van der Waals surface area contributed by atoms with Crippen molar-refractivity contribution in [3.05, 3.63) is 11.6 Å². The van der Waals surface area contributed by atoms with Crippen molar-refractivity contribution < 1.29 is 13.2 Å². The highest BCUT2D eigenvalue weighted by Crippen LogP contribution is 2.59. The van der Waals surface area contributed by atoms with E-state index < -0.39 is 10.0 Å². The second kappa shape index (κ2) is 5.01. The van der Waals surface area contributed by atoms with Gasteiger partial charge in [-0.05, 0) is 25.2 Å². The summed E-state index contributed by atoms with van der Waals surface area (Å²) < 4.78 is 21.5. The maximum atomic E-state index is 11.9. The number of allylic oxidation sites excluding steroid dienone is 2. The van der Waals surface area contributed by atoms with Crippen LogP contribution >= 0.6 is 0 Å². The standard InChI is InChI=1S/C12H22N2O3S/c1-8(2)7-9-10(12(9,3)4)11(15)14-5-6-18(13,16)17/h7,9-10H,5-6H2,1-4H3,(H,14,15)(H2,13,16,17)/t9-,10+/m1/s1. The molecule has 0 spiro atoms. The van der Waals surface area contributed by atoms with E-state index in [1.807, 2.05) is 27.7 Å². The number of rotatable bonds is 5. The largest absolute Gasteiger partial charge is 0.355 e. The molecule has 0 unspecified atom stereocenters. The third kappa shape index (κ3) is 3.81. The first kappa shape index (κ1) is 15.2. The third-order valence-electron chi connectivity index (χ3n) is 3.39. The van der Waals surface area contributed by atoms with Crippen molar-refractivity contribution in [1.82, 2.24) is 5.32 Å². The molecule has 2 atom stereocenters. The van der Waals surface area contributed by atoms with E-state index in [1.165, 1.54) is 5.57 Å². The van der Waals surface area contributed by atoms with Crippen LogP contribution in [-0.4, -0.2) is 26.6 Å². The van der Waals surface area contributed by atoms with Crippen molar-refractivity contribution in [2.24, 2.45) is 22.4 Å². The van der Waals surface area contributed by atoms with Gasteiger partial charge in [0.25, 0.3) is 0 Å². The van der Waals surface area contributed by atoms with E-state index in [-0.39, 0.29) is 35.5 Å². The molecule has 0 saturated heterocycles. The first-order valence-electron chi connectivity index (χ1n) is 5.99. The first-order chi connectivity index (χ1) is 8.05. The zero-order chi connectivity index (χ0) is 14.1. The Morgan fingerprint density at radius 3 is 2.39 bits per heavy atom. The van der Waals surface area contributed by atoms with Gasteiger partial charge >= 0.3 is 0 Å². The molecular formula is C12H22N2O3S. The van der Waals surface area contributed by atoms with Gasteiger partial charge in [0.2, 0.25) is 15.9 Å². The second-order valence-corrected chi connectivity index (χ2v) is 7.46. The van der Waals surface area contributed by atoms with Crippen LogP contribution in [0, 0.1) is 17.3 Å². The predicted octanol–water partition coefficient (Wildman–Crippen LogP) is 0.630. The summed E-state index contributed by atoms with van der Waals surface area (Å²) in [5, 5.41) is 7.50. The molecule has 6 heteroatoms. The Hall–Kier alpha value is -0.880. The molecule has 1 aliphatic rings. The normalized spacial score (nSPS) is 25.4. The molecule has 104 valence electrons. The highest BCUT2D eigenvalue weighted by molar-refractivity contribution is 7.89. The van der Waals surface area contributed by atoms with Crippen molar-refractivity contribution in [2.45, 2.75) is 27.7 Å². The van der Waals surface area contributed by atoms with Crippen LogP contribution in [0.15, 0.2) is 11.6 Å². The van der Waals surface area contributed by atoms with E-state index in [2.05, 4.69) is 11.4 Å². The zero-order valence-electron chi connectivity index (χ0n) is 11.4. The lowest BCUT2D eigenvalue weighted by molar-refractivity contribution is -0.123. The minimum Gasteiger partial charge on any atom is -0.355 e. The van der Waals surface area contributed by atoms with Crippen molar-refractivity contribution in [3.8, 4) is 0 Å². The van der Waals surface area contributed by atoms with Crippen LogP contribution < -0.4 is 10.5 Å². The van der Waals surface area contributed by atoms with Gasteiger partial charge in [-0.1, -0.05) is 25.5 Å². The van der Waals surface area contributed by atoms with Crippen LogP contribution in [0.1, 0.15) is 27.7 Å². The van der Waals surface area contributed by atoms with Crippen molar-refractivity contribution in [1.29, 1.82) is 0 Å². The van der Waals surface area contributed by atoms with Crippen LogP contribution in [0.3, 0.4) is 0 Å². The minimum atomic E-state index is -3.51. The number of amides is 1. The molecule has 0 heterocycles. The van der Waals surface area contributed by atoms with Gasteiger partial charge in [-0.2, -0.15) is 0 Å². The fourth-order valence-corrected chi connectivity index (χ4v) is 2.66. The van der Waals surface area contributed by atoms with Crippen molar-refractivity contribution in [3.63, 3.8) is 0 Å². The molecular weight excluding hydrogens is 252 g/mol. The highest BCUT2D eigenvalue weighted by Gasteiger charge is 2.60. The molecule has 0 aromatic rings. The Kier molecular flexibility index (Phi) is 4.23. The van der Waals surface area contributed by atoms with Crippen LogP contribution in [0.25, 0.3) is 0 Å². The number of primary sulfonamides is 1. The zero-order valence-corrected chi connectivity index (χ0v) is 12.2. The first-order valence-corrected chi connectivity index (χ1v) is 7.70. The number of nitrogens with one attached hydrogen (secondary N) is 1. The van der Waals surface area contributed by atoms with Crippen molar-refractivity contribution >= 4 is 15.9 Å². The molecule has 3 N–H and O–H groups in total. The van der Waals surface area contributed by atoms with E-state index in [4.69, 9.17) is 5.14 Å². The Morgan fingerprint density at radius 1 is 1.39 bits per heavy atom. The summed E-state index contributed by atoms with van der Waals surface area (Å²) in [4.78, 5) is 11.9. The van der Waals surface area contributed by atoms with Crippen LogP contribution in [0.5, 0.6) is 0 Å². The van der Waals surface area contributed by atoms with Gasteiger partial charge in [0.05, 0.1) is 11.7 Å². The fraction of sp³-hybridized carbons (Fsp3) is 0.750. The fourth-order valence-electron chi connectivity index (χ4n) is 2.28. The molecule has 1 aliphatic carbocycles. The summed E-state index contributed by atoms with van der Waals surface area (Å²) in [6, 6.07) is 0. The molecule has 1 rings (SSSR count). The molecule has 1 amide bonds. The minimum absolute atomic E-state index is 0.0526. The van der Waals surface area contributed by atoms with Crippen molar-refractivity contribution in [2.75, 3.05) is 12.3 Å². The van der Waals surface area contributed by atoms with E-state index >= 15 is 0 Å². The molecule has 0 bridgehead atoms. The molecule has 0 radical (unpaired) electrons. The van der Waals surface area contributed by atoms with Gasteiger partial charge in [-0.3, -0.25) is 4.79 Å². The topological polar surface area (TPSA) is 89.3 Å². The smallest absolute Gasteiger partial charge is 0.224 e. The quantitative estimate of drug-likeness (QED) is 0.721. The van der Waals surface area contributed by atoms with Crippen LogP contribution in [0.2, 0.25) is 0 Å². The number of carbonyl (C=O) groups is 1. The Labute approximate surface area is 109 Å².